The topological polar surface area (TPSA) is 123 Å². The Morgan fingerprint density at radius 3 is 2.51 bits per heavy atom. The third-order valence-electron chi connectivity index (χ3n) is 7.80. The van der Waals surface area contributed by atoms with Gasteiger partial charge in [-0.25, -0.2) is 13.8 Å². The van der Waals surface area contributed by atoms with E-state index >= 15 is 4.39 Å². The second-order valence-corrected chi connectivity index (χ2v) is 11.6. The predicted molar refractivity (Wildman–Crippen MR) is 179 cm³/mol. The van der Waals surface area contributed by atoms with Crippen LogP contribution in [0.3, 0.4) is 0 Å². The molecule has 0 atom stereocenters. The molecule has 0 aliphatic heterocycles. The molecular formula is C35H32F2N10. The lowest BCUT2D eigenvalue weighted by molar-refractivity contribution is 0.425. The van der Waals surface area contributed by atoms with Crippen molar-refractivity contribution in [3.63, 3.8) is 0 Å². The number of likely N-dealkylation sites (N-methyl/N-ethyl adjacent to an activating group) is 1. The third-order valence-corrected chi connectivity index (χ3v) is 7.80. The van der Waals surface area contributed by atoms with E-state index < -0.39 is 11.6 Å². The Kier molecular flexibility index (Phi) is 8.34. The van der Waals surface area contributed by atoms with Crippen LogP contribution in [0.1, 0.15) is 11.1 Å². The lowest BCUT2D eigenvalue weighted by atomic mass is 10.1. The summed E-state index contributed by atoms with van der Waals surface area (Å²) in [5.41, 5.74) is 6.36. The summed E-state index contributed by atoms with van der Waals surface area (Å²) in [7, 11) is 3.96. The summed E-state index contributed by atoms with van der Waals surface area (Å²) in [4.78, 5) is 23.4. The minimum atomic E-state index is -0.542. The van der Waals surface area contributed by atoms with Crippen LogP contribution >= 0.6 is 0 Å². The Balaban J connectivity index is 1.20. The molecule has 7 rings (SSSR count). The number of aromatic amines is 2. The fourth-order valence-electron chi connectivity index (χ4n) is 5.52. The minimum Gasteiger partial charge on any atom is -0.384 e. The molecule has 5 heterocycles. The average Bonchev–Trinajstić information content (AvgIpc) is 3.70. The van der Waals surface area contributed by atoms with Crippen LogP contribution in [0.2, 0.25) is 0 Å². The molecule has 12 heteroatoms. The molecule has 2 aromatic carbocycles. The van der Waals surface area contributed by atoms with E-state index in [1.807, 2.05) is 49.3 Å². The van der Waals surface area contributed by atoms with Gasteiger partial charge in [0.25, 0.3) is 0 Å². The lowest BCUT2D eigenvalue weighted by Gasteiger charge is -2.12. The van der Waals surface area contributed by atoms with Crippen molar-refractivity contribution in [2.75, 3.05) is 32.5 Å². The van der Waals surface area contributed by atoms with Gasteiger partial charge in [0.15, 0.2) is 11.6 Å². The van der Waals surface area contributed by atoms with Gasteiger partial charge in [0.1, 0.15) is 22.7 Å². The van der Waals surface area contributed by atoms with E-state index in [1.54, 1.807) is 30.9 Å². The number of halogens is 2. The summed E-state index contributed by atoms with van der Waals surface area (Å²) in [6.45, 7) is 2.71. The maximum atomic E-state index is 16.3. The highest BCUT2D eigenvalue weighted by Crippen LogP contribution is 2.34. The number of pyridine rings is 3. The number of hydrogen-bond acceptors (Lipinski definition) is 8. The quantitative estimate of drug-likeness (QED) is 0.134. The van der Waals surface area contributed by atoms with E-state index in [2.05, 4.69) is 52.9 Å². The van der Waals surface area contributed by atoms with E-state index in [9.17, 15) is 4.39 Å². The summed E-state index contributed by atoms with van der Waals surface area (Å²) in [5, 5.41) is 14.2. The average molecular weight is 631 g/mol. The molecule has 236 valence electrons. The van der Waals surface area contributed by atoms with Gasteiger partial charge in [-0.1, -0.05) is 30.3 Å². The predicted octanol–water partition coefficient (Wildman–Crippen LogP) is 6.17. The van der Waals surface area contributed by atoms with Crippen LogP contribution < -0.4 is 10.6 Å². The number of nitrogens with zero attached hydrogens (tertiary/aromatic N) is 6. The Labute approximate surface area is 269 Å². The summed E-state index contributed by atoms with van der Waals surface area (Å²) < 4.78 is 31.0. The van der Waals surface area contributed by atoms with Crippen molar-refractivity contribution in [2.45, 2.75) is 13.1 Å². The number of H-pyrrole nitrogens is 2. The van der Waals surface area contributed by atoms with E-state index in [0.29, 0.717) is 70.2 Å². The van der Waals surface area contributed by atoms with Crippen molar-refractivity contribution in [3.05, 3.63) is 108 Å². The number of fused-ring (bicyclic) bond motifs is 2. The number of benzene rings is 2. The molecule has 5 aromatic heterocycles. The standard InChI is InChI=1S/C35H32F2N10/c1-47(2)11-10-40-26-14-23(13-25(36)15-26)32-33-27(8-9-41-32)43-35(44-33)34-29-28(45-46-34)20-42-31(30(29)37)24-12-22(18-39-19-24)17-38-16-21-6-4-3-5-7-21/h3-9,12-15,18-20,38,40H,10-11,16-17H2,1-2H3,(H,43,44)(H,45,46). The van der Waals surface area contributed by atoms with E-state index in [-0.39, 0.29) is 11.1 Å². The van der Waals surface area contributed by atoms with Crippen molar-refractivity contribution in [1.82, 2.24) is 45.3 Å². The normalized spacial score (nSPS) is 11.6. The first-order valence-electron chi connectivity index (χ1n) is 15.2. The highest BCUT2D eigenvalue weighted by Gasteiger charge is 2.22. The van der Waals surface area contributed by atoms with Crippen LogP contribution in [0.5, 0.6) is 0 Å². The molecule has 0 spiro atoms. The highest BCUT2D eigenvalue weighted by atomic mass is 19.1. The van der Waals surface area contributed by atoms with Gasteiger partial charge in [0.2, 0.25) is 0 Å². The molecule has 0 saturated heterocycles. The number of aromatic nitrogens is 7. The maximum Gasteiger partial charge on any atom is 0.161 e. The molecule has 0 bridgehead atoms. The van der Waals surface area contributed by atoms with E-state index in [4.69, 9.17) is 4.98 Å². The third kappa shape index (κ3) is 6.41. The number of nitrogens with one attached hydrogen (secondary N) is 4. The molecular weight excluding hydrogens is 598 g/mol. The molecule has 0 radical (unpaired) electrons. The molecule has 0 aliphatic carbocycles. The van der Waals surface area contributed by atoms with Gasteiger partial charge in [-0.3, -0.25) is 20.1 Å². The summed E-state index contributed by atoms with van der Waals surface area (Å²) in [5.74, 6) is -0.593. The minimum absolute atomic E-state index is 0.157. The van der Waals surface area contributed by atoms with Crippen LogP contribution in [-0.4, -0.2) is 67.2 Å². The van der Waals surface area contributed by atoms with Crippen LogP contribution in [-0.2, 0) is 13.1 Å². The number of rotatable bonds is 11. The van der Waals surface area contributed by atoms with Crippen LogP contribution in [0.4, 0.5) is 14.5 Å². The van der Waals surface area contributed by atoms with Crippen molar-refractivity contribution in [1.29, 1.82) is 0 Å². The van der Waals surface area contributed by atoms with Gasteiger partial charge in [-0.05, 0) is 55.6 Å². The summed E-state index contributed by atoms with van der Waals surface area (Å²) in [6.07, 6.45) is 6.53. The van der Waals surface area contributed by atoms with Crippen molar-refractivity contribution >= 4 is 27.6 Å². The molecule has 10 nitrogen and oxygen atoms in total. The number of anilines is 1. The fraction of sp³-hybridized carbons (Fsp3) is 0.171. The first kappa shape index (κ1) is 30.1. The number of hydrogen-bond donors (Lipinski definition) is 4. The van der Waals surface area contributed by atoms with E-state index in [0.717, 1.165) is 12.1 Å². The first-order chi connectivity index (χ1) is 22.9. The molecule has 7 aromatic rings. The van der Waals surface area contributed by atoms with Gasteiger partial charge in [-0.2, -0.15) is 5.10 Å². The van der Waals surface area contributed by atoms with E-state index in [1.165, 1.54) is 17.7 Å². The van der Waals surface area contributed by atoms with Crippen LogP contribution in [0, 0.1) is 11.6 Å². The zero-order valence-electron chi connectivity index (χ0n) is 25.9. The molecule has 47 heavy (non-hydrogen) atoms. The molecule has 0 unspecified atom stereocenters. The first-order valence-corrected chi connectivity index (χ1v) is 15.2. The fourth-order valence-corrected chi connectivity index (χ4v) is 5.52. The Bertz CT molecular complexity index is 2180. The number of imidazole rings is 1. The monoisotopic (exact) mass is 630 g/mol. The molecule has 0 saturated carbocycles. The molecule has 0 aliphatic rings. The van der Waals surface area contributed by atoms with Crippen molar-refractivity contribution < 1.29 is 8.78 Å². The Morgan fingerprint density at radius 2 is 1.66 bits per heavy atom. The van der Waals surface area contributed by atoms with Gasteiger partial charge < -0.3 is 20.5 Å². The molecule has 4 N–H and O–H groups in total. The molecule has 0 amide bonds. The van der Waals surface area contributed by atoms with Gasteiger partial charge in [0.05, 0.1) is 28.3 Å². The smallest absolute Gasteiger partial charge is 0.161 e. The Morgan fingerprint density at radius 1 is 0.809 bits per heavy atom. The van der Waals surface area contributed by atoms with Gasteiger partial charge >= 0.3 is 0 Å². The SMILES string of the molecule is CN(C)CCNc1cc(F)cc(-c2nccc3[nH]c(-c4n[nH]c5cnc(-c6cncc(CNCc7ccccc7)c6)c(F)c45)nc23)c1. The summed E-state index contributed by atoms with van der Waals surface area (Å²) >= 11 is 0. The molecule has 0 fully saturated rings. The second-order valence-electron chi connectivity index (χ2n) is 11.6. The second kappa shape index (κ2) is 13.0. The zero-order valence-corrected chi connectivity index (χ0v) is 25.9. The lowest BCUT2D eigenvalue weighted by Crippen LogP contribution is -2.20. The van der Waals surface area contributed by atoms with Crippen LogP contribution in [0.25, 0.3) is 56.0 Å². The van der Waals surface area contributed by atoms with Crippen LogP contribution in [0.15, 0.2) is 85.5 Å². The summed E-state index contributed by atoms with van der Waals surface area (Å²) in [6, 6.07) is 18.5. The highest BCUT2D eigenvalue weighted by molar-refractivity contribution is 5.97. The maximum absolute atomic E-state index is 16.3. The van der Waals surface area contributed by atoms with Gasteiger partial charge in [-0.15, -0.1) is 0 Å². The largest absolute Gasteiger partial charge is 0.384 e. The zero-order chi connectivity index (χ0) is 32.3. The Hall–Kier alpha value is -5.59. The van der Waals surface area contributed by atoms with Crippen molar-refractivity contribution in [3.8, 4) is 34.0 Å². The van der Waals surface area contributed by atoms with Crippen molar-refractivity contribution in [2.24, 2.45) is 0 Å². The van der Waals surface area contributed by atoms with Gasteiger partial charge in [0, 0.05) is 61.6 Å².